The molecule has 0 bridgehead atoms. The Hall–Kier alpha value is -1.77. The van der Waals surface area contributed by atoms with Crippen LogP contribution in [0.2, 0.25) is 0 Å². The van der Waals surface area contributed by atoms with Crippen LogP contribution in [0.25, 0.3) is 0 Å². The number of hydrogen-bond donors (Lipinski definition) is 0. The van der Waals surface area contributed by atoms with Crippen molar-refractivity contribution in [3.05, 3.63) is 69.1 Å². The molecule has 3 aliphatic rings. The molecular weight excluding hydrogens is 297 g/mol. The number of allylic oxidation sites excluding steroid dienone is 12. The first-order valence-electron chi connectivity index (χ1n) is 8.18. The van der Waals surface area contributed by atoms with Crippen LogP contribution in [-0.2, 0) is 0 Å². The minimum absolute atomic E-state index is 0.308. The molecule has 0 saturated carbocycles. The van der Waals surface area contributed by atoms with Crippen molar-refractivity contribution in [2.24, 2.45) is 0 Å². The topological polar surface area (TPSA) is 0 Å². The van der Waals surface area contributed by atoms with E-state index in [0.717, 1.165) is 18.4 Å². The van der Waals surface area contributed by atoms with Gasteiger partial charge in [-0.1, -0.05) is 17.7 Å². The van der Waals surface area contributed by atoms with Crippen molar-refractivity contribution in [1.29, 1.82) is 0 Å². The Labute approximate surface area is 135 Å². The molecule has 0 fully saturated rings. The van der Waals surface area contributed by atoms with Crippen LogP contribution in [-0.4, -0.2) is 0 Å². The van der Waals surface area contributed by atoms with Crippen LogP contribution in [0.5, 0.6) is 0 Å². The van der Waals surface area contributed by atoms with Gasteiger partial charge in [-0.05, 0) is 86.3 Å². The Kier molecular flexibility index (Phi) is 4.47. The van der Waals surface area contributed by atoms with Gasteiger partial charge in [0.25, 0.3) is 0 Å². The van der Waals surface area contributed by atoms with Gasteiger partial charge in [0.1, 0.15) is 5.83 Å². The predicted octanol–water partition coefficient (Wildman–Crippen LogP) is 6.86. The van der Waals surface area contributed by atoms with Gasteiger partial charge in [0.15, 0.2) is 11.7 Å². The first-order valence-corrected chi connectivity index (χ1v) is 8.18. The van der Waals surface area contributed by atoms with Gasteiger partial charge >= 0.3 is 0 Å². The Morgan fingerprint density at radius 1 is 0.696 bits per heavy atom. The SMILES string of the molecule is CC1=CC=C(C2=C(F)C(F)=C(C3=CC(F)=C(C)CC3)CC2)CC1. The molecule has 0 aromatic rings. The summed E-state index contributed by atoms with van der Waals surface area (Å²) in [6, 6.07) is 0. The molecule has 3 rings (SSSR count). The van der Waals surface area contributed by atoms with Gasteiger partial charge in [-0.2, -0.15) is 0 Å². The summed E-state index contributed by atoms with van der Waals surface area (Å²) in [7, 11) is 0. The van der Waals surface area contributed by atoms with E-state index < -0.39 is 11.7 Å². The van der Waals surface area contributed by atoms with Gasteiger partial charge < -0.3 is 0 Å². The lowest BCUT2D eigenvalue weighted by molar-refractivity contribution is 0.509. The lowest BCUT2D eigenvalue weighted by Gasteiger charge is -2.24. The molecule has 0 aromatic heterocycles. The smallest absolute Gasteiger partial charge is 0.162 e. The minimum atomic E-state index is -0.794. The Bertz CT molecular complexity index is 724. The quantitative estimate of drug-likeness (QED) is 0.522. The highest BCUT2D eigenvalue weighted by atomic mass is 19.2. The average Bonchev–Trinajstić information content (AvgIpc) is 2.54. The van der Waals surface area contributed by atoms with E-state index in [-0.39, 0.29) is 5.83 Å². The van der Waals surface area contributed by atoms with E-state index in [1.54, 1.807) is 6.92 Å². The Morgan fingerprint density at radius 2 is 1.30 bits per heavy atom. The molecule has 0 amide bonds. The van der Waals surface area contributed by atoms with Crippen LogP contribution in [0, 0.1) is 0 Å². The van der Waals surface area contributed by atoms with E-state index in [0.29, 0.717) is 48.0 Å². The summed E-state index contributed by atoms with van der Waals surface area (Å²) in [5.41, 5.74) is 4.26. The first kappa shape index (κ1) is 16.1. The van der Waals surface area contributed by atoms with Crippen LogP contribution in [0.1, 0.15) is 52.4 Å². The van der Waals surface area contributed by atoms with E-state index in [4.69, 9.17) is 0 Å². The van der Waals surface area contributed by atoms with Crippen molar-refractivity contribution < 1.29 is 13.2 Å². The highest BCUT2D eigenvalue weighted by Gasteiger charge is 2.27. The minimum Gasteiger partial charge on any atom is -0.207 e. The summed E-state index contributed by atoms with van der Waals surface area (Å²) < 4.78 is 42.9. The second-order valence-corrected chi connectivity index (χ2v) is 6.59. The fraction of sp³-hybridized carbons (Fsp3) is 0.400. The van der Waals surface area contributed by atoms with Crippen LogP contribution in [0.4, 0.5) is 13.2 Å². The summed E-state index contributed by atoms with van der Waals surface area (Å²) in [6.45, 7) is 3.77. The standard InChI is InChI=1S/C20H21F3/c1-12-3-6-14(7-4-12)16-9-10-17(20(23)19(16)22)15-8-5-13(2)18(21)11-15/h3,6,11H,4-5,7-10H2,1-2H3. The van der Waals surface area contributed by atoms with E-state index in [1.807, 2.05) is 19.1 Å². The van der Waals surface area contributed by atoms with Crippen molar-refractivity contribution in [2.45, 2.75) is 52.4 Å². The molecule has 0 aromatic carbocycles. The molecular formula is C20H21F3. The molecule has 0 atom stereocenters. The van der Waals surface area contributed by atoms with Gasteiger partial charge in [0.05, 0.1) is 0 Å². The maximum atomic E-state index is 14.6. The van der Waals surface area contributed by atoms with Crippen LogP contribution < -0.4 is 0 Å². The third kappa shape index (κ3) is 3.15. The monoisotopic (exact) mass is 318 g/mol. The molecule has 0 heterocycles. The molecule has 0 radical (unpaired) electrons. The van der Waals surface area contributed by atoms with Crippen molar-refractivity contribution in [3.8, 4) is 0 Å². The van der Waals surface area contributed by atoms with Crippen molar-refractivity contribution >= 4 is 0 Å². The lowest BCUT2D eigenvalue weighted by Crippen LogP contribution is -2.08. The first-order chi connectivity index (χ1) is 11.0. The zero-order valence-electron chi connectivity index (χ0n) is 13.6. The van der Waals surface area contributed by atoms with E-state index in [9.17, 15) is 13.2 Å². The van der Waals surface area contributed by atoms with Gasteiger partial charge in [-0.15, -0.1) is 0 Å². The number of rotatable bonds is 2. The second-order valence-electron chi connectivity index (χ2n) is 6.59. The zero-order chi connectivity index (χ0) is 16.6. The number of halogens is 3. The average molecular weight is 318 g/mol. The molecule has 0 nitrogen and oxygen atoms in total. The van der Waals surface area contributed by atoms with E-state index in [1.165, 1.54) is 11.6 Å². The van der Waals surface area contributed by atoms with Crippen LogP contribution in [0.15, 0.2) is 69.1 Å². The molecule has 3 aliphatic carbocycles. The lowest BCUT2D eigenvalue weighted by atomic mass is 9.82. The van der Waals surface area contributed by atoms with E-state index in [2.05, 4.69) is 0 Å². The zero-order valence-corrected chi connectivity index (χ0v) is 13.6. The summed E-state index contributed by atoms with van der Waals surface area (Å²) in [4.78, 5) is 0. The summed E-state index contributed by atoms with van der Waals surface area (Å²) >= 11 is 0. The highest BCUT2D eigenvalue weighted by molar-refractivity contribution is 5.52. The molecule has 23 heavy (non-hydrogen) atoms. The molecule has 0 unspecified atom stereocenters. The fourth-order valence-electron chi connectivity index (χ4n) is 3.36. The van der Waals surface area contributed by atoms with Gasteiger partial charge in [-0.3, -0.25) is 0 Å². The highest BCUT2D eigenvalue weighted by Crippen LogP contribution is 2.42. The third-order valence-electron chi connectivity index (χ3n) is 4.96. The maximum Gasteiger partial charge on any atom is 0.162 e. The van der Waals surface area contributed by atoms with Gasteiger partial charge in [-0.25, -0.2) is 13.2 Å². The van der Waals surface area contributed by atoms with E-state index >= 15 is 0 Å². The predicted molar refractivity (Wildman–Crippen MR) is 87.7 cm³/mol. The van der Waals surface area contributed by atoms with Crippen LogP contribution >= 0.6 is 0 Å². The molecule has 0 saturated heterocycles. The Balaban J connectivity index is 1.96. The second kappa shape index (κ2) is 6.38. The van der Waals surface area contributed by atoms with Gasteiger partial charge in [0, 0.05) is 0 Å². The third-order valence-corrected chi connectivity index (χ3v) is 4.96. The van der Waals surface area contributed by atoms with Crippen molar-refractivity contribution in [3.63, 3.8) is 0 Å². The van der Waals surface area contributed by atoms with Crippen molar-refractivity contribution in [1.82, 2.24) is 0 Å². The molecule has 0 spiro atoms. The summed E-state index contributed by atoms with van der Waals surface area (Å²) in [5.74, 6) is -1.85. The van der Waals surface area contributed by atoms with Crippen molar-refractivity contribution in [2.75, 3.05) is 0 Å². The molecule has 3 heteroatoms. The largest absolute Gasteiger partial charge is 0.207 e. The fourth-order valence-corrected chi connectivity index (χ4v) is 3.36. The normalized spacial score (nSPS) is 23.1. The Morgan fingerprint density at radius 3 is 1.87 bits per heavy atom. The summed E-state index contributed by atoms with van der Waals surface area (Å²) in [6.07, 6.45) is 8.96. The molecule has 0 N–H and O–H groups in total. The van der Waals surface area contributed by atoms with Crippen LogP contribution in [0.3, 0.4) is 0 Å². The summed E-state index contributed by atoms with van der Waals surface area (Å²) in [5, 5.41) is 0. The number of hydrogen-bond acceptors (Lipinski definition) is 0. The molecule has 0 aliphatic heterocycles. The molecule has 122 valence electrons. The van der Waals surface area contributed by atoms with Gasteiger partial charge in [0.2, 0.25) is 0 Å². The maximum absolute atomic E-state index is 14.6.